The third-order valence-electron chi connectivity index (χ3n) is 2.53. The third-order valence-corrected chi connectivity index (χ3v) is 3.09. The molecule has 0 amide bonds. The molecular formula is C11H4Cl2F2N4. The zero-order chi connectivity index (χ0) is 13.6. The largest absolute Gasteiger partial charge is 0.278 e. The van der Waals surface area contributed by atoms with Crippen molar-refractivity contribution in [2.24, 2.45) is 0 Å². The van der Waals surface area contributed by atoms with Gasteiger partial charge in [0.1, 0.15) is 11.6 Å². The lowest BCUT2D eigenvalue weighted by atomic mass is 10.2. The molecule has 1 aromatic carbocycles. The Hall–Kier alpha value is -1.79. The maximum Gasteiger partial charge on any atom is 0.198 e. The van der Waals surface area contributed by atoms with Gasteiger partial charge in [-0.25, -0.2) is 13.8 Å². The molecule has 0 fully saturated rings. The Morgan fingerprint density at radius 1 is 1.05 bits per heavy atom. The van der Waals surface area contributed by atoms with Crippen molar-refractivity contribution in [1.29, 1.82) is 0 Å². The number of aromatic nitrogens is 4. The Morgan fingerprint density at radius 2 is 1.84 bits per heavy atom. The van der Waals surface area contributed by atoms with E-state index in [0.717, 1.165) is 12.1 Å². The Bertz CT molecular complexity index is 788. The van der Waals surface area contributed by atoms with E-state index in [-0.39, 0.29) is 27.2 Å². The molecule has 19 heavy (non-hydrogen) atoms. The van der Waals surface area contributed by atoms with Crippen molar-refractivity contribution < 1.29 is 8.78 Å². The zero-order valence-electron chi connectivity index (χ0n) is 9.11. The summed E-state index contributed by atoms with van der Waals surface area (Å²) < 4.78 is 28.7. The van der Waals surface area contributed by atoms with E-state index in [1.54, 1.807) is 0 Å². The van der Waals surface area contributed by atoms with E-state index in [4.69, 9.17) is 23.2 Å². The second kappa shape index (κ2) is 4.40. The van der Waals surface area contributed by atoms with Gasteiger partial charge in [-0.05, 0) is 12.1 Å². The lowest BCUT2D eigenvalue weighted by Crippen LogP contribution is -1.95. The molecule has 0 aliphatic rings. The average molecular weight is 301 g/mol. The average Bonchev–Trinajstić information content (AvgIpc) is 2.79. The first kappa shape index (κ1) is 12.3. The monoisotopic (exact) mass is 300 g/mol. The molecule has 0 spiro atoms. The number of nitrogens with zero attached hydrogens (tertiary/aromatic N) is 4. The summed E-state index contributed by atoms with van der Waals surface area (Å²) in [6.45, 7) is 0. The third kappa shape index (κ3) is 1.93. The maximum atomic E-state index is 13.8. The first-order chi connectivity index (χ1) is 9.08. The van der Waals surface area contributed by atoms with Crippen molar-refractivity contribution in [1.82, 2.24) is 19.6 Å². The van der Waals surface area contributed by atoms with Crippen LogP contribution in [0.3, 0.4) is 0 Å². The highest BCUT2D eigenvalue weighted by Gasteiger charge is 2.17. The van der Waals surface area contributed by atoms with Gasteiger partial charge in [0.05, 0.1) is 10.6 Å². The number of benzene rings is 1. The minimum Gasteiger partial charge on any atom is -0.278 e. The molecule has 0 saturated heterocycles. The highest BCUT2D eigenvalue weighted by atomic mass is 35.5. The van der Waals surface area contributed by atoms with Crippen molar-refractivity contribution in [2.45, 2.75) is 0 Å². The molecule has 0 aliphatic carbocycles. The first-order valence-electron chi connectivity index (χ1n) is 5.08. The van der Waals surface area contributed by atoms with Crippen molar-refractivity contribution in [3.05, 3.63) is 46.3 Å². The molecule has 3 aromatic rings. The molecule has 0 N–H and O–H groups in total. The molecular weight excluding hydrogens is 297 g/mol. The molecule has 3 rings (SSSR count). The van der Waals surface area contributed by atoms with Gasteiger partial charge in [0.25, 0.3) is 0 Å². The van der Waals surface area contributed by atoms with Crippen LogP contribution in [0.2, 0.25) is 10.2 Å². The Balaban J connectivity index is 2.31. The number of hydrogen-bond donors (Lipinski definition) is 0. The normalized spacial score (nSPS) is 11.2. The molecule has 0 saturated carbocycles. The fourth-order valence-electron chi connectivity index (χ4n) is 1.67. The van der Waals surface area contributed by atoms with Crippen LogP contribution in [0.5, 0.6) is 0 Å². The van der Waals surface area contributed by atoms with E-state index < -0.39 is 11.6 Å². The van der Waals surface area contributed by atoms with Crippen LogP contribution >= 0.6 is 23.2 Å². The van der Waals surface area contributed by atoms with E-state index in [9.17, 15) is 8.78 Å². The smallest absolute Gasteiger partial charge is 0.198 e. The van der Waals surface area contributed by atoms with Crippen molar-refractivity contribution >= 4 is 28.8 Å². The van der Waals surface area contributed by atoms with Gasteiger partial charge in [-0.15, -0.1) is 10.2 Å². The van der Waals surface area contributed by atoms with Crippen LogP contribution in [0.1, 0.15) is 0 Å². The minimum atomic E-state index is -0.741. The molecule has 2 aromatic heterocycles. The highest BCUT2D eigenvalue weighted by Crippen LogP contribution is 2.27. The van der Waals surface area contributed by atoms with Gasteiger partial charge >= 0.3 is 0 Å². The molecule has 0 aliphatic heterocycles. The summed E-state index contributed by atoms with van der Waals surface area (Å²) in [5.74, 6) is -1.32. The van der Waals surface area contributed by atoms with E-state index in [1.165, 1.54) is 16.8 Å². The number of halogens is 4. The van der Waals surface area contributed by atoms with Gasteiger partial charge in [-0.3, -0.25) is 4.40 Å². The zero-order valence-corrected chi connectivity index (χ0v) is 10.6. The highest BCUT2D eigenvalue weighted by molar-refractivity contribution is 6.32. The Morgan fingerprint density at radius 3 is 2.63 bits per heavy atom. The fourth-order valence-corrected chi connectivity index (χ4v) is 2.01. The lowest BCUT2D eigenvalue weighted by Gasteiger charge is -2.03. The fraction of sp³-hybridized carbons (Fsp3) is 0. The van der Waals surface area contributed by atoms with Gasteiger partial charge in [0, 0.05) is 12.4 Å². The van der Waals surface area contributed by atoms with Gasteiger partial charge in [-0.1, -0.05) is 23.2 Å². The van der Waals surface area contributed by atoms with Crippen molar-refractivity contribution in [3.63, 3.8) is 0 Å². The van der Waals surface area contributed by atoms with Crippen LogP contribution in [-0.2, 0) is 0 Å². The number of rotatable bonds is 1. The number of fused-ring (bicyclic) bond motifs is 1. The van der Waals surface area contributed by atoms with Crippen LogP contribution in [0.25, 0.3) is 17.0 Å². The minimum absolute atomic E-state index is 0.0586. The second-order valence-corrected chi connectivity index (χ2v) is 4.45. The van der Waals surface area contributed by atoms with Crippen LogP contribution in [-0.4, -0.2) is 19.6 Å². The van der Waals surface area contributed by atoms with E-state index in [0.29, 0.717) is 0 Å². The summed E-state index contributed by atoms with van der Waals surface area (Å²) in [6, 6.07) is 1.85. The number of hydrogen-bond acceptors (Lipinski definition) is 3. The first-order valence-corrected chi connectivity index (χ1v) is 5.83. The van der Waals surface area contributed by atoms with Crippen LogP contribution < -0.4 is 0 Å². The summed E-state index contributed by atoms with van der Waals surface area (Å²) in [5.41, 5.74) is 0.200. The Kier molecular flexibility index (Phi) is 2.83. The molecule has 0 radical (unpaired) electrons. The predicted octanol–water partition coefficient (Wildman–Crippen LogP) is 3.38. The molecule has 0 bridgehead atoms. The van der Waals surface area contributed by atoms with E-state index >= 15 is 0 Å². The maximum absolute atomic E-state index is 13.8. The van der Waals surface area contributed by atoms with Gasteiger partial charge in [0.15, 0.2) is 16.6 Å². The molecule has 4 nitrogen and oxygen atoms in total. The van der Waals surface area contributed by atoms with Crippen LogP contribution in [0.4, 0.5) is 8.78 Å². The van der Waals surface area contributed by atoms with Crippen LogP contribution in [0, 0.1) is 11.6 Å². The van der Waals surface area contributed by atoms with Gasteiger partial charge in [0.2, 0.25) is 0 Å². The molecule has 0 atom stereocenters. The van der Waals surface area contributed by atoms with E-state index in [1.807, 2.05) is 0 Å². The van der Waals surface area contributed by atoms with Crippen LogP contribution in [0.15, 0.2) is 24.5 Å². The topological polar surface area (TPSA) is 43.1 Å². The van der Waals surface area contributed by atoms with Crippen molar-refractivity contribution in [2.75, 3.05) is 0 Å². The summed E-state index contributed by atoms with van der Waals surface area (Å²) in [4.78, 5) is 3.82. The summed E-state index contributed by atoms with van der Waals surface area (Å²) in [7, 11) is 0. The molecule has 96 valence electrons. The Labute approximate surface area is 115 Å². The second-order valence-electron chi connectivity index (χ2n) is 3.68. The van der Waals surface area contributed by atoms with Gasteiger partial charge < -0.3 is 0 Å². The lowest BCUT2D eigenvalue weighted by molar-refractivity contribution is 0.602. The quantitative estimate of drug-likeness (QED) is 0.647. The van der Waals surface area contributed by atoms with Crippen molar-refractivity contribution in [3.8, 4) is 11.4 Å². The predicted molar refractivity (Wildman–Crippen MR) is 66.2 cm³/mol. The standard InChI is InChI=1S/C11H4Cl2F2N4/c12-6-4-7(14)5(3-8(6)15)10-17-18-11-9(13)16-1-2-19(10)11/h1-4H. The summed E-state index contributed by atoms with van der Waals surface area (Å²) >= 11 is 11.3. The molecule has 0 unspecified atom stereocenters. The molecule has 8 heteroatoms. The molecule has 2 heterocycles. The SMILES string of the molecule is Fc1cc(-c2nnc3c(Cl)nccn23)c(F)cc1Cl. The summed E-state index contributed by atoms with van der Waals surface area (Å²) in [6.07, 6.45) is 2.91. The van der Waals surface area contributed by atoms with E-state index in [2.05, 4.69) is 15.2 Å². The summed E-state index contributed by atoms with van der Waals surface area (Å²) in [5, 5.41) is 7.41. The van der Waals surface area contributed by atoms with Gasteiger partial charge in [-0.2, -0.15) is 0 Å².